The van der Waals surface area contributed by atoms with E-state index in [1.165, 1.54) is 37.3 Å². The minimum atomic E-state index is -4.22. The monoisotopic (exact) mass is 659 g/mol. The number of carbonyl (C=O) groups excluding carboxylic acids is 2. The van der Waals surface area contributed by atoms with Crippen LogP contribution in [0.2, 0.25) is 0 Å². The van der Waals surface area contributed by atoms with Gasteiger partial charge >= 0.3 is 0 Å². The van der Waals surface area contributed by atoms with Gasteiger partial charge in [-0.2, -0.15) is 0 Å². The van der Waals surface area contributed by atoms with Gasteiger partial charge in [-0.05, 0) is 76.6 Å². The zero-order chi connectivity index (χ0) is 31.2. The van der Waals surface area contributed by atoms with Gasteiger partial charge in [0.1, 0.15) is 12.6 Å². The summed E-state index contributed by atoms with van der Waals surface area (Å²) in [6, 6.07) is 17.5. The Kier molecular flexibility index (Phi) is 10.7. The normalized spacial score (nSPS) is 12.3. The van der Waals surface area contributed by atoms with Crippen molar-refractivity contribution in [2.75, 3.05) is 25.1 Å². The first kappa shape index (κ1) is 32.9. The number of sulfonamides is 1. The number of methoxy groups -OCH3 is 2. The van der Waals surface area contributed by atoms with E-state index < -0.39 is 34.1 Å². The fourth-order valence-electron chi connectivity index (χ4n) is 4.23. The highest BCUT2D eigenvalue weighted by molar-refractivity contribution is 9.10. The quantitative estimate of drug-likeness (QED) is 0.299. The van der Waals surface area contributed by atoms with Crippen LogP contribution in [-0.4, -0.2) is 57.5 Å². The number of hydrogen-bond donors (Lipinski definition) is 1. The molecule has 3 rings (SSSR count). The lowest BCUT2D eigenvalue weighted by Gasteiger charge is -2.33. The molecule has 42 heavy (non-hydrogen) atoms. The maximum Gasteiger partial charge on any atom is 0.264 e. The SMILES string of the molecule is COc1ccc(N(CC(=O)N(Cc2cccc(Br)c2)[C@H](C)C(=O)NC(C)(C)C)S(=O)(=O)c2ccc(C)cc2)cc1OC. The van der Waals surface area contributed by atoms with Crippen LogP contribution in [0.3, 0.4) is 0 Å². The molecule has 1 N–H and O–H groups in total. The maximum atomic E-state index is 14.1. The zero-order valence-corrected chi connectivity index (χ0v) is 27.4. The summed E-state index contributed by atoms with van der Waals surface area (Å²) < 4.78 is 40.7. The Morgan fingerprint density at radius 1 is 0.952 bits per heavy atom. The van der Waals surface area contributed by atoms with Crippen molar-refractivity contribution in [2.24, 2.45) is 0 Å². The molecule has 11 heteroatoms. The minimum Gasteiger partial charge on any atom is -0.493 e. The molecule has 0 bridgehead atoms. The Balaban J connectivity index is 2.10. The maximum absolute atomic E-state index is 14.1. The Bertz CT molecular complexity index is 1520. The molecule has 3 aromatic rings. The van der Waals surface area contributed by atoms with Crippen LogP contribution in [0.4, 0.5) is 5.69 Å². The first-order valence-corrected chi connectivity index (χ1v) is 15.6. The topological polar surface area (TPSA) is 105 Å². The number of anilines is 1. The van der Waals surface area contributed by atoms with Crippen molar-refractivity contribution in [3.05, 3.63) is 82.3 Å². The molecule has 0 aliphatic heterocycles. The van der Waals surface area contributed by atoms with E-state index in [1.807, 2.05) is 52.0 Å². The van der Waals surface area contributed by atoms with Crippen molar-refractivity contribution in [1.29, 1.82) is 0 Å². The van der Waals surface area contributed by atoms with Gasteiger partial charge in [-0.1, -0.05) is 45.8 Å². The second kappa shape index (κ2) is 13.6. The third-order valence-corrected chi connectivity index (χ3v) is 8.73. The molecule has 0 spiro atoms. The highest BCUT2D eigenvalue weighted by Crippen LogP contribution is 2.34. The Labute approximate surface area is 257 Å². The van der Waals surface area contributed by atoms with Crippen LogP contribution >= 0.6 is 15.9 Å². The van der Waals surface area contributed by atoms with Crippen molar-refractivity contribution < 1.29 is 27.5 Å². The van der Waals surface area contributed by atoms with Crippen LogP contribution in [-0.2, 0) is 26.2 Å². The molecule has 0 saturated carbocycles. The van der Waals surface area contributed by atoms with E-state index in [4.69, 9.17) is 9.47 Å². The lowest BCUT2D eigenvalue weighted by Crippen LogP contribution is -2.54. The summed E-state index contributed by atoms with van der Waals surface area (Å²) in [5.41, 5.74) is 1.33. The van der Waals surface area contributed by atoms with Gasteiger partial charge in [-0.3, -0.25) is 13.9 Å². The number of nitrogens with one attached hydrogen (secondary N) is 1. The largest absolute Gasteiger partial charge is 0.493 e. The van der Waals surface area contributed by atoms with Gasteiger partial charge in [0.05, 0.1) is 24.8 Å². The van der Waals surface area contributed by atoms with Crippen molar-refractivity contribution in [1.82, 2.24) is 10.2 Å². The van der Waals surface area contributed by atoms with Crippen LogP contribution in [0.5, 0.6) is 11.5 Å². The summed E-state index contributed by atoms with van der Waals surface area (Å²) in [6.45, 7) is 8.57. The summed E-state index contributed by atoms with van der Waals surface area (Å²) in [7, 11) is -1.29. The van der Waals surface area contributed by atoms with Gasteiger partial charge in [0, 0.05) is 22.6 Å². The summed E-state index contributed by atoms with van der Waals surface area (Å²) in [5, 5.41) is 2.92. The first-order chi connectivity index (χ1) is 19.7. The third-order valence-electron chi connectivity index (χ3n) is 6.45. The van der Waals surface area contributed by atoms with E-state index in [0.717, 1.165) is 19.9 Å². The van der Waals surface area contributed by atoms with Crippen LogP contribution in [0.25, 0.3) is 0 Å². The predicted molar refractivity (Wildman–Crippen MR) is 167 cm³/mol. The molecule has 0 radical (unpaired) electrons. The number of amides is 2. The second-order valence-electron chi connectivity index (χ2n) is 10.9. The second-order valence-corrected chi connectivity index (χ2v) is 13.7. The van der Waals surface area contributed by atoms with Gasteiger partial charge < -0.3 is 19.7 Å². The molecule has 9 nitrogen and oxygen atoms in total. The Morgan fingerprint density at radius 2 is 1.60 bits per heavy atom. The van der Waals surface area contributed by atoms with E-state index in [1.54, 1.807) is 31.2 Å². The highest BCUT2D eigenvalue weighted by atomic mass is 79.9. The van der Waals surface area contributed by atoms with Gasteiger partial charge in [-0.25, -0.2) is 8.42 Å². The average Bonchev–Trinajstić information content (AvgIpc) is 2.93. The van der Waals surface area contributed by atoms with E-state index >= 15 is 0 Å². The Hall–Kier alpha value is -3.57. The predicted octanol–water partition coefficient (Wildman–Crippen LogP) is 5.30. The third kappa shape index (κ3) is 8.25. The molecule has 3 aromatic carbocycles. The van der Waals surface area contributed by atoms with Crippen LogP contribution in [0.1, 0.15) is 38.8 Å². The van der Waals surface area contributed by atoms with Gasteiger partial charge in [-0.15, -0.1) is 0 Å². The molecule has 1 atom stereocenters. The minimum absolute atomic E-state index is 0.0211. The van der Waals surface area contributed by atoms with E-state index in [2.05, 4.69) is 21.2 Å². The van der Waals surface area contributed by atoms with Crippen molar-refractivity contribution in [3.63, 3.8) is 0 Å². The van der Waals surface area contributed by atoms with Crippen LogP contribution in [0.15, 0.2) is 76.1 Å². The lowest BCUT2D eigenvalue weighted by molar-refractivity contribution is -0.140. The summed E-state index contributed by atoms with van der Waals surface area (Å²) >= 11 is 3.46. The fourth-order valence-corrected chi connectivity index (χ4v) is 6.09. The highest BCUT2D eigenvalue weighted by Gasteiger charge is 2.33. The fraction of sp³-hybridized carbons (Fsp3) is 0.355. The molecule has 0 heterocycles. The summed E-state index contributed by atoms with van der Waals surface area (Å²) in [5.74, 6) is -0.207. The van der Waals surface area contributed by atoms with E-state index in [0.29, 0.717) is 11.5 Å². The lowest BCUT2D eigenvalue weighted by atomic mass is 10.1. The number of rotatable bonds is 11. The first-order valence-electron chi connectivity index (χ1n) is 13.3. The molecule has 0 saturated heterocycles. The van der Waals surface area contributed by atoms with Gasteiger partial charge in [0.25, 0.3) is 10.0 Å². The van der Waals surface area contributed by atoms with E-state index in [9.17, 15) is 18.0 Å². The molecule has 2 amide bonds. The molecule has 0 aliphatic rings. The molecule has 0 fully saturated rings. The van der Waals surface area contributed by atoms with Crippen LogP contribution < -0.4 is 19.1 Å². The van der Waals surface area contributed by atoms with Crippen molar-refractivity contribution in [3.8, 4) is 11.5 Å². The number of hydrogen-bond acceptors (Lipinski definition) is 6. The molecular weight excluding hydrogens is 622 g/mol. The van der Waals surface area contributed by atoms with E-state index in [-0.39, 0.29) is 23.0 Å². The van der Waals surface area contributed by atoms with Crippen LogP contribution in [0, 0.1) is 6.92 Å². The number of carbonyl (C=O) groups is 2. The number of halogens is 1. The summed E-state index contributed by atoms with van der Waals surface area (Å²) in [6.07, 6.45) is 0. The van der Waals surface area contributed by atoms with Crippen molar-refractivity contribution in [2.45, 2.75) is 57.6 Å². The average molecular weight is 661 g/mol. The molecule has 0 unspecified atom stereocenters. The Morgan fingerprint density at radius 3 is 2.17 bits per heavy atom. The smallest absolute Gasteiger partial charge is 0.264 e. The standard InChI is InChI=1S/C31H38BrN3O6S/c1-21-11-14-26(15-12-21)42(38,39)35(25-13-16-27(40-6)28(18-25)41-7)20-29(36)34(19-23-9-8-10-24(32)17-23)22(2)30(37)33-31(3,4)5/h8-18,22H,19-20H2,1-7H3,(H,33,37)/t22-/m1/s1. The zero-order valence-electron chi connectivity index (χ0n) is 25.0. The van der Waals surface area contributed by atoms with Crippen molar-refractivity contribution >= 4 is 43.5 Å². The number of ether oxygens (including phenoxy) is 2. The summed E-state index contributed by atoms with van der Waals surface area (Å²) in [4.78, 5) is 28.8. The molecule has 0 aromatic heterocycles. The molecule has 226 valence electrons. The van der Waals surface area contributed by atoms with Gasteiger partial charge in [0.15, 0.2) is 11.5 Å². The van der Waals surface area contributed by atoms with Gasteiger partial charge in [0.2, 0.25) is 11.8 Å². The molecule has 0 aliphatic carbocycles. The number of benzene rings is 3. The molecular formula is C31H38BrN3O6S. The number of aryl methyl sites for hydroxylation is 1. The number of nitrogens with zero attached hydrogens (tertiary/aromatic N) is 2.